The summed E-state index contributed by atoms with van der Waals surface area (Å²) in [4.78, 5) is 31.7. The minimum absolute atomic E-state index is 0.0502. The van der Waals surface area contributed by atoms with E-state index in [0.717, 1.165) is 0 Å². The van der Waals surface area contributed by atoms with Gasteiger partial charge in [0.05, 0.1) is 14.2 Å². The van der Waals surface area contributed by atoms with E-state index in [1.54, 1.807) is 18.2 Å². The first-order chi connectivity index (χ1) is 13.4. The molecule has 0 atom stereocenters. The number of hydrogen-bond donors (Lipinski definition) is 0. The van der Waals surface area contributed by atoms with Crippen LogP contribution >= 0.6 is 11.6 Å². The van der Waals surface area contributed by atoms with Crippen LogP contribution in [0.1, 0.15) is 18.2 Å². The second-order valence-electron chi connectivity index (χ2n) is 5.54. The van der Waals surface area contributed by atoms with Gasteiger partial charge >= 0.3 is 11.9 Å². The lowest BCUT2D eigenvalue weighted by atomic mass is 10.1. The molecule has 144 valence electrons. The van der Waals surface area contributed by atoms with Crippen LogP contribution in [0.25, 0.3) is 6.08 Å². The molecule has 3 rings (SSSR count). The summed E-state index contributed by atoms with van der Waals surface area (Å²) in [5.74, 6) is -0.457. The van der Waals surface area contributed by atoms with Crippen LogP contribution in [-0.4, -0.2) is 37.0 Å². The molecule has 2 aromatic rings. The van der Waals surface area contributed by atoms with Gasteiger partial charge in [-0.2, -0.15) is 0 Å². The minimum Gasteiger partial charge on any atom is -0.493 e. The second-order valence-corrected chi connectivity index (χ2v) is 5.98. The Morgan fingerprint density at radius 2 is 1.86 bits per heavy atom. The fourth-order valence-electron chi connectivity index (χ4n) is 2.43. The van der Waals surface area contributed by atoms with Gasteiger partial charge in [0.2, 0.25) is 11.6 Å². The number of hydrogen-bond acceptors (Lipinski definition) is 8. The molecule has 0 saturated carbocycles. The largest absolute Gasteiger partial charge is 0.493 e. The zero-order chi connectivity index (χ0) is 20.3. The Bertz CT molecular complexity index is 990. The summed E-state index contributed by atoms with van der Waals surface area (Å²) in [6.07, 6.45) is 2.97. The molecule has 0 fully saturated rings. The van der Waals surface area contributed by atoms with Gasteiger partial charge in [0.15, 0.2) is 17.2 Å². The summed E-state index contributed by atoms with van der Waals surface area (Å²) < 4.78 is 20.8. The van der Waals surface area contributed by atoms with Crippen molar-refractivity contribution in [1.29, 1.82) is 0 Å². The Kier molecular flexibility index (Phi) is 5.60. The van der Waals surface area contributed by atoms with Crippen LogP contribution in [0.3, 0.4) is 0 Å². The zero-order valence-corrected chi connectivity index (χ0v) is 15.9. The number of carbonyl (C=O) groups excluding carboxylic acids is 2. The zero-order valence-electron chi connectivity index (χ0n) is 15.2. The number of pyridine rings is 1. The van der Waals surface area contributed by atoms with Gasteiger partial charge in [-0.1, -0.05) is 11.6 Å². The first-order valence-corrected chi connectivity index (χ1v) is 8.38. The molecule has 0 unspecified atom stereocenters. The van der Waals surface area contributed by atoms with Crippen molar-refractivity contribution in [1.82, 2.24) is 4.98 Å². The number of nitrogens with zero attached hydrogens (tertiary/aromatic N) is 2. The normalized spacial score (nSPS) is 14.5. The SMILES string of the molecule is COc1cc(/C=C2\N=C(c3cc(Cl)ccn3)OC2=O)cc(OC)c1OC(C)=O. The molecule has 1 aliphatic rings. The third kappa shape index (κ3) is 4.12. The third-order valence-electron chi connectivity index (χ3n) is 3.59. The average Bonchev–Trinajstić information content (AvgIpc) is 3.02. The van der Waals surface area contributed by atoms with Gasteiger partial charge in [-0.05, 0) is 35.9 Å². The molecule has 1 aromatic carbocycles. The molecule has 0 aliphatic carbocycles. The minimum atomic E-state index is -0.640. The Hall–Kier alpha value is -3.39. The molecule has 0 spiro atoms. The van der Waals surface area contributed by atoms with Crippen molar-refractivity contribution < 1.29 is 28.5 Å². The fourth-order valence-corrected chi connectivity index (χ4v) is 2.59. The first kappa shape index (κ1) is 19.4. The predicted octanol–water partition coefficient (Wildman–Crippen LogP) is 3.02. The predicted molar refractivity (Wildman–Crippen MR) is 101 cm³/mol. The average molecular weight is 403 g/mol. The quantitative estimate of drug-likeness (QED) is 0.431. The molecule has 28 heavy (non-hydrogen) atoms. The monoisotopic (exact) mass is 402 g/mol. The van der Waals surface area contributed by atoms with Gasteiger partial charge < -0.3 is 18.9 Å². The maximum absolute atomic E-state index is 12.2. The highest BCUT2D eigenvalue weighted by atomic mass is 35.5. The van der Waals surface area contributed by atoms with E-state index >= 15 is 0 Å². The van der Waals surface area contributed by atoms with E-state index < -0.39 is 11.9 Å². The Labute approximate surface area is 165 Å². The molecule has 2 heterocycles. The van der Waals surface area contributed by atoms with E-state index in [9.17, 15) is 9.59 Å². The number of benzene rings is 1. The molecule has 0 bridgehead atoms. The number of esters is 2. The van der Waals surface area contributed by atoms with E-state index in [2.05, 4.69) is 9.98 Å². The molecule has 0 radical (unpaired) electrons. The molecule has 8 nitrogen and oxygen atoms in total. The van der Waals surface area contributed by atoms with Crippen molar-refractivity contribution >= 4 is 35.5 Å². The number of halogens is 1. The van der Waals surface area contributed by atoms with E-state index in [-0.39, 0.29) is 28.8 Å². The molecule has 1 aromatic heterocycles. The van der Waals surface area contributed by atoms with E-state index in [0.29, 0.717) is 16.3 Å². The highest BCUT2D eigenvalue weighted by Gasteiger charge is 2.26. The van der Waals surface area contributed by atoms with E-state index in [1.807, 2.05) is 0 Å². The van der Waals surface area contributed by atoms with Crippen LogP contribution in [0.5, 0.6) is 17.2 Å². The number of ether oxygens (including phenoxy) is 4. The maximum atomic E-state index is 12.2. The van der Waals surface area contributed by atoms with Gasteiger partial charge in [-0.25, -0.2) is 9.79 Å². The summed E-state index contributed by atoms with van der Waals surface area (Å²) in [6.45, 7) is 1.27. The Morgan fingerprint density at radius 1 is 1.18 bits per heavy atom. The Morgan fingerprint density at radius 3 is 2.43 bits per heavy atom. The molecular weight excluding hydrogens is 388 g/mol. The van der Waals surface area contributed by atoms with Crippen molar-refractivity contribution in [2.75, 3.05) is 14.2 Å². The van der Waals surface area contributed by atoms with Crippen LogP contribution in [0.4, 0.5) is 0 Å². The summed E-state index contributed by atoms with van der Waals surface area (Å²) in [7, 11) is 2.84. The summed E-state index contributed by atoms with van der Waals surface area (Å²) >= 11 is 5.93. The number of rotatable bonds is 5. The van der Waals surface area contributed by atoms with E-state index in [1.165, 1.54) is 39.5 Å². The molecular formula is C19H15ClN2O6. The standard InChI is InChI=1S/C19H15ClN2O6/c1-10(23)27-17-15(25-2)7-11(8-16(17)26-3)6-14-19(24)28-18(22-14)13-9-12(20)4-5-21-13/h4-9H,1-3H3/b14-6-. The van der Waals surface area contributed by atoms with E-state index in [4.69, 9.17) is 30.5 Å². The lowest BCUT2D eigenvalue weighted by Crippen LogP contribution is -2.07. The van der Waals surface area contributed by atoms with Crippen LogP contribution in [-0.2, 0) is 14.3 Å². The third-order valence-corrected chi connectivity index (χ3v) is 3.83. The summed E-state index contributed by atoms with van der Waals surface area (Å²) in [6, 6.07) is 6.29. The van der Waals surface area contributed by atoms with Crippen molar-refractivity contribution in [2.45, 2.75) is 6.92 Å². The highest BCUT2D eigenvalue weighted by Crippen LogP contribution is 2.39. The van der Waals surface area contributed by atoms with Crippen molar-refractivity contribution in [3.8, 4) is 17.2 Å². The lowest BCUT2D eigenvalue weighted by Gasteiger charge is -2.13. The van der Waals surface area contributed by atoms with Crippen LogP contribution in [0.15, 0.2) is 41.2 Å². The summed E-state index contributed by atoms with van der Waals surface area (Å²) in [5, 5.41) is 0.441. The molecule has 9 heteroatoms. The molecule has 0 N–H and O–H groups in total. The van der Waals surface area contributed by atoms with Gasteiger partial charge in [0.1, 0.15) is 5.69 Å². The van der Waals surface area contributed by atoms with Crippen LogP contribution in [0.2, 0.25) is 5.02 Å². The molecule has 1 aliphatic heterocycles. The lowest BCUT2D eigenvalue weighted by molar-refractivity contribution is -0.132. The Balaban J connectivity index is 2.00. The number of aliphatic imine (C=N–C) groups is 1. The maximum Gasteiger partial charge on any atom is 0.363 e. The molecule has 0 saturated heterocycles. The van der Waals surface area contributed by atoms with Crippen molar-refractivity contribution in [2.24, 2.45) is 4.99 Å². The highest BCUT2D eigenvalue weighted by molar-refractivity contribution is 6.31. The summed E-state index contributed by atoms with van der Waals surface area (Å²) in [5.41, 5.74) is 0.923. The van der Waals surface area contributed by atoms with Crippen LogP contribution < -0.4 is 14.2 Å². The second kappa shape index (κ2) is 8.10. The molecule has 0 amide bonds. The number of methoxy groups -OCH3 is 2. The smallest absolute Gasteiger partial charge is 0.363 e. The van der Waals surface area contributed by atoms with Crippen molar-refractivity contribution in [3.05, 3.63) is 52.4 Å². The van der Waals surface area contributed by atoms with Gasteiger partial charge in [-0.15, -0.1) is 0 Å². The number of carbonyl (C=O) groups is 2. The first-order valence-electron chi connectivity index (χ1n) is 8.00. The van der Waals surface area contributed by atoms with Crippen molar-refractivity contribution in [3.63, 3.8) is 0 Å². The van der Waals surface area contributed by atoms with Crippen LogP contribution in [0, 0.1) is 0 Å². The van der Waals surface area contributed by atoms with Gasteiger partial charge in [0.25, 0.3) is 0 Å². The topological polar surface area (TPSA) is 96.3 Å². The van der Waals surface area contributed by atoms with Gasteiger partial charge in [-0.3, -0.25) is 9.78 Å². The number of cyclic esters (lactones) is 1. The number of aromatic nitrogens is 1. The fraction of sp³-hybridized carbons (Fsp3) is 0.158. The van der Waals surface area contributed by atoms with Gasteiger partial charge in [0, 0.05) is 18.1 Å².